The molecule has 5 heteroatoms. The average Bonchev–Trinajstić information content (AvgIpc) is 2.73. The van der Waals surface area contributed by atoms with Gasteiger partial charge in [-0.1, -0.05) is 48.5 Å². The molecule has 4 nitrogen and oxygen atoms in total. The van der Waals surface area contributed by atoms with E-state index >= 15 is 0 Å². The highest BCUT2D eigenvalue weighted by atomic mass is 32.2. The van der Waals surface area contributed by atoms with Crippen molar-refractivity contribution in [3.05, 3.63) is 95.8 Å². The van der Waals surface area contributed by atoms with Crippen molar-refractivity contribution in [1.29, 1.82) is 0 Å². The molecule has 0 fully saturated rings. The molecule has 0 bridgehead atoms. The second kappa shape index (κ2) is 7.49. The minimum atomic E-state index is -3.37. The van der Waals surface area contributed by atoms with Crippen molar-refractivity contribution in [3.63, 3.8) is 0 Å². The largest absolute Gasteiger partial charge is 0.341 e. The molecule has 1 aliphatic heterocycles. The Hall–Kier alpha value is -3.10. The second-order valence-electron chi connectivity index (χ2n) is 7.04. The normalized spacial score (nSPS) is 16.2. The van der Waals surface area contributed by atoms with Crippen LogP contribution in [0.15, 0.2) is 83.8 Å². The molecule has 1 heterocycles. The van der Waals surface area contributed by atoms with Gasteiger partial charge in [-0.2, -0.15) is 0 Å². The van der Waals surface area contributed by atoms with Gasteiger partial charge in [0.25, 0.3) is 0 Å². The summed E-state index contributed by atoms with van der Waals surface area (Å²) >= 11 is 0. The molecule has 0 aliphatic carbocycles. The van der Waals surface area contributed by atoms with Gasteiger partial charge in [0, 0.05) is 17.9 Å². The lowest BCUT2D eigenvalue weighted by molar-refractivity contribution is 0.537. The molecule has 1 aliphatic rings. The number of anilines is 2. The molecule has 0 N–H and O–H groups in total. The molecular formula is C23H20N2O2S. The number of nitrogens with zero attached hydrogens (tertiary/aromatic N) is 2. The summed E-state index contributed by atoms with van der Waals surface area (Å²) in [5.74, 6) is 0.0288. The van der Waals surface area contributed by atoms with Crippen LogP contribution >= 0.6 is 0 Å². The molecule has 1 atom stereocenters. The van der Waals surface area contributed by atoms with Gasteiger partial charge >= 0.3 is 0 Å². The number of fused-ring (bicyclic) bond motifs is 1. The van der Waals surface area contributed by atoms with Gasteiger partial charge in [0.15, 0.2) is 15.5 Å². The zero-order chi connectivity index (χ0) is 19.6. The van der Waals surface area contributed by atoms with Crippen LogP contribution in [0.3, 0.4) is 0 Å². The fourth-order valence-electron chi connectivity index (χ4n) is 3.80. The highest BCUT2D eigenvalue weighted by Gasteiger charge is 2.29. The number of rotatable bonds is 4. The molecule has 0 radical (unpaired) electrons. The summed E-state index contributed by atoms with van der Waals surface area (Å²) < 4.78 is 25.8. The number of sulfone groups is 1. The van der Waals surface area contributed by atoms with Crippen molar-refractivity contribution >= 4 is 26.9 Å². The molecule has 28 heavy (non-hydrogen) atoms. The summed E-state index contributed by atoms with van der Waals surface area (Å²) in [6, 6.07) is 24.3. The Morgan fingerprint density at radius 1 is 0.964 bits per heavy atom. The first-order valence-electron chi connectivity index (χ1n) is 9.17. The topological polar surface area (TPSA) is 41.7 Å². The summed E-state index contributed by atoms with van der Waals surface area (Å²) in [6.07, 6.45) is 0.647. The molecule has 0 spiro atoms. The predicted octanol–water partition coefficient (Wildman–Crippen LogP) is 5.02. The van der Waals surface area contributed by atoms with E-state index in [0.717, 1.165) is 16.9 Å². The standard InChI is InChI=1S/C23H20N2O2S/c1-24-20-12-13-23-19(15-20)14-18(16-25(23)21-8-4-2-5-9-21)17-28(26,27)22-10-6-3-7-11-22/h2-13,15,18H,14,16-17H2. The van der Waals surface area contributed by atoms with Crippen LogP contribution in [0.1, 0.15) is 5.56 Å². The van der Waals surface area contributed by atoms with Crippen molar-refractivity contribution in [3.8, 4) is 0 Å². The number of para-hydroxylation sites is 1. The molecule has 1 unspecified atom stereocenters. The minimum absolute atomic E-state index is 0.0566. The van der Waals surface area contributed by atoms with Crippen LogP contribution in [0, 0.1) is 12.5 Å². The van der Waals surface area contributed by atoms with Gasteiger partial charge in [-0.15, -0.1) is 0 Å². The summed E-state index contributed by atoms with van der Waals surface area (Å²) in [5, 5.41) is 0. The zero-order valence-corrected chi connectivity index (χ0v) is 16.1. The highest BCUT2D eigenvalue weighted by Crippen LogP contribution is 2.38. The van der Waals surface area contributed by atoms with Gasteiger partial charge in [0.05, 0.1) is 17.2 Å². The molecule has 4 rings (SSSR count). The van der Waals surface area contributed by atoms with E-state index in [4.69, 9.17) is 6.57 Å². The lowest BCUT2D eigenvalue weighted by Gasteiger charge is -2.36. The quantitative estimate of drug-likeness (QED) is 0.589. The molecule has 140 valence electrons. The Balaban J connectivity index is 1.70. The van der Waals surface area contributed by atoms with Gasteiger partial charge in [-0.25, -0.2) is 13.3 Å². The maximum absolute atomic E-state index is 12.9. The minimum Gasteiger partial charge on any atom is -0.341 e. The van der Waals surface area contributed by atoms with Gasteiger partial charge < -0.3 is 4.90 Å². The smallest absolute Gasteiger partial charge is 0.187 e. The van der Waals surface area contributed by atoms with E-state index in [-0.39, 0.29) is 11.7 Å². The van der Waals surface area contributed by atoms with Gasteiger partial charge in [-0.05, 0) is 48.2 Å². The first kappa shape index (κ1) is 18.3. The lowest BCUT2D eigenvalue weighted by Crippen LogP contribution is -2.35. The lowest BCUT2D eigenvalue weighted by atomic mass is 9.93. The van der Waals surface area contributed by atoms with E-state index < -0.39 is 9.84 Å². The first-order chi connectivity index (χ1) is 13.6. The Kier molecular flexibility index (Phi) is 4.89. The Morgan fingerprint density at radius 3 is 2.32 bits per heavy atom. The molecule has 0 aromatic heterocycles. The Morgan fingerprint density at radius 2 is 1.64 bits per heavy atom. The molecule has 0 saturated heterocycles. The second-order valence-corrected chi connectivity index (χ2v) is 9.07. The summed E-state index contributed by atoms with van der Waals surface area (Å²) in [7, 11) is -3.37. The Labute approximate surface area is 165 Å². The van der Waals surface area contributed by atoms with Crippen LogP contribution < -0.4 is 4.90 Å². The van der Waals surface area contributed by atoms with Crippen LogP contribution in [0.4, 0.5) is 17.1 Å². The zero-order valence-electron chi connectivity index (χ0n) is 15.3. The summed E-state index contributed by atoms with van der Waals surface area (Å²) in [5.41, 5.74) is 3.68. The van der Waals surface area contributed by atoms with E-state index in [1.807, 2.05) is 54.6 Å². The molecule has 0 saturated carbocycles. The fourth-order valence-corrected chi connectivity index (χ4v) is 5.41. The average molecular weight is 388 g/mol. The van der Waals surface area contributed by atoms with E-state index in [1.165, 1.54) is 0 Å². The molecule has 0 amide bonds. The molecule has 3 aromatic carbocycles. The van der Waals surface area contributed by atoms with E-state index in [9.17, 15) is 8.42 Å². The fraction of sp³-hybridized carbons (Fsp3) is 0.174. The number of hydrogen-bond acceptors (Lipinski definition) is 3. The van der Waals surface area contributed by atoms with E-state index in [2.05, 4.69) is 9.74 Å². The van der Waals surface area contributed by atoms with Gasteiger partial charge in [0.1, 0.15) is 0 Å². The predicted molar refractivity (Wildman–Crippen MR) is 112 cm³/mol. The van der Waals surface area contributed by atoms with E-state index in [0.29, 0.717) is 23.5 Å². The molecule has 3 aromatic rings. The number of benzene rings is 3. The summed E-state index contributed by atoms with van der Waals surface area (Å²) in [4.78, 5) is 6.06. The third-order valence-corrected chi connectivity index (χ3v) is 6.96. The van der Waals surface area contributed by atoms with Crippen molar-refractivity contribution < 1.29 is 8.42 Å². The van der Waals surface area contributed by atoms with Crippen molar-refractivity contribution in [2.75, 3.05) is 17.2 Å². The van der Waals surface area contributed by atoms with Crippen LogP contribution in [0.2, 0.25) is 0 Å². The first-order valence-corrected chi connectivity index (χ1v) is 10.8. The van der Waals surface area contributed by atoms with Gasteiger partial charge in [-0.3, -0.25) is 0 Å². The third-order valence-electron chi connectivity index (χ3n) is 5.06. The molecular weight excluding hydrogens is 368 g/mol. The van der Waals surface area contributed by atoms with Crippen LogP contribution in [-0.4, -0.2) is 20.7 Å². The van der Waals surface area contributed by atoms with Crippen LogP contribution in [-0.2, 0) is 16.3 Å². The van der Waals surface area contributed by atoms with Crippen LogP contribution in [0.5, 0.6) is 0 Å². The van der Waals surface area contributed by atoms with Gasteiger partial charge in [0.2, 0.25) is 0 Å². The highest BCUT2D eigenvalue weighted by molar-refractivity contribution is 7.91. The monoisotopic (exact) mass is 388 g/mol. The summed E-state index contributed by atoms with van der Waals surface area (Å²) in [6.45, 7) is 7.92. The maximum Gasteiger partial charge on any atom is 0.187 e. The maximum atomic E-state index is 12.9. The van der Waals surface area contributed by atoms with E-state index in [1.54, 1.807) is 24.3 Å². The SMILES string of the molecule is [C-]#[N+]c1ccc2c(c1)CC(CS(=O)(=O)c1ccccc1)CN2c1ccccc1. The van der Waals surface area contributed by atoms with Crippen LogP contribution in [0.25, 0.3) is 4.85 Å². The van der Waals surface area contributed by atoms with Crippen molar-refractivity contribution in [2.45, 2.75) is 11.3 Å². The third kappa shape index (κ3) is 3.64. The van der Waals surface area contributed by atoms with Crippen molar-refractivity contribution in [1.82, 2.24) is 0 Å². The van der Waals surface area contributed by atoms with Crippen molar-refractivity contribution in [2.24, 2.45) is 5.92 Å². The Bertz CT molecular complexity index is 1120. The number of hydrogen-bond donors (Lipinski definition) is 0.